The summed E-state index contributed by atoms with van der Waals surface area (Å²) in [5.74, 6) is -0.00824. The summed E-state index contributed by atoms with van der Waals surface area (Å²) in [5.41, 5.74) is 0.858. The van der Waals surface area contributed by atoms with E-state index in [0.717, 1.165) is 25.0 Å². The van der Waals surface area contributed by atoms with Gasteiger partial charge in [0, 0.05) is 11.6 Å². The van der Waals surface area contributed by atoms with Crippen molar-refractivity contribution in [2.75, 3.05) is 6.61 Å². The van der Waals surface area contributed by atoms with Gasteiger partial charge in [-0.3, -0.25) is 4.79 Å². The summed E-state index contributed by atoms with van der Waals surface area (Å²) in [7, 11) is 0. The van der Waals surface area contributed by atoms with Crippen LogP contribution in [0.2, 0.25) is 5.02 Å². The third kappa shape index (κ3) is 3.47. The minimum Gasteiger partial charge on any atom is -0.376 e. The second kappa shape index (κ2) is 6.21. The van der Waals surface area contributed by atoms with Gasteiger partial charge >= 0.3 is 0 Å². The number of carbonyl (C=O) groups excluding carboxylic acids is 1. The van der Waals surface area contributed by atoms with Gasteiger partial charge in [-0.15, -0.1) is 0 Å². The molecule has 3 nitrogen and oxygen atoms in total. The first kappa shape index (κ1) is 13.4. The van der Waals surface area contributed by atoms with Gasteiger partial charge < -0.3 is 10.1 Å². The van der Waals surface area contributed by atoms with Crippen LogP contribution in [0, 0.1) is 0 Å². The molecule has 1 amide bonds. The van der Waals surface area contributed by atoms with E-state index < -0.39 is 0 Å². The summed E-state index contributed by atoms with van der Waals surface area (Å²) < 4.78 is 5.55. The zero-order valence-electron chi connectivity index (χ0n) is 10.5. The number of ether oxygens (including phenoxy) is 1. The molecule has 98 valence electrons. The lowest BCUT2D eigenvalue weighted by molar-refractivity contribution is -0.121. The van der Waals surface area contributed by atoms with Crippen molar-refractivity contribution in [2.45, 2.75) is 38.3 Å². The lowest BCUT2D eigenvalue weighted by atomic mass is 10.1. The highest BCUT2D eigenvalue weighted by Crippen LogP contribution is 2.17. The third-order valence-corrected chi connectivity index (χ3v) is 3.59. The topological polar surface area (TPSA) is 38.3 Å². The molecule has 0 bridgehead atoms. The van der Waals surface area contributed by atoms with Crippen LogP contribution in [0.5, 0.6) is 0 Å². The van der Waals surface area contributed by atoms with E-state index >= 15 is 0 Å². The number of halogens is 1. The standard InChI is InChI=1S/C14H18ClNO2/c1-10(13-7-4-8-18-13)16-14(17)9-11-5-2-3-6-12(11)15/h2-3,5-6,10,13H,4,7-9H2,1H3,(H,16,17)/t10-,13+/m0/s1. The van der Waals surface area contributed by atoms with E-state index in [2.05, 4.69) is 5.32 Å². The van der Waals surface area contributed by atoms with Crippen LogP contribution in [-0.4, -0.2) is 24.7 Å². The van der Waals surface area contributed by atoms with E-state index in [4.69, 9.17) is 16.3 Å². The first-order valence-corrected chi connectivity index (χ1v) is 6.69. The molecule has 0 aliphatic carbocycles. The molecule has 4 heteroatoms. The van der Waals surface area contributed by atoms with E-state index in [9.17, 15) is 4.79 Å². The Bertz CT molecular complexity index is 416. The van der Waals surface area contributed by atoms with Gasteiger partial charge in [-0.1, -0.05) is 29.8 Å². The average Bonchev–Trinajstić information content (AvgIpc) is 2.85. The molecule has 0 unspecified atom stereocenters. The SMILES string of the molecule is C[C@H](NC(=O)Cc1ccccc1Cl)[C@H]1CCCO1. The van der Waals surface area contributed by atoms with Gasteiger partial charge in [0.05, 0.1) is 18.6 Å². The maximum absolute atomic E-state index is 11.9. The van der Waals surface area contributed by atoms with Crippen molar-refractivity contribution in [1.29, 1.82) is 0 Å². The predicted molar refractivity (Wildman–Crippen MR) is 71.7 cm³/mol. The molecule has 1 heterocycles. The monoisotopic (exact) mass is 267 g/mol. The lowest BCUT2D eigenvalue weighted by Crippen LogP contribution is -2.41. The van der Waals surface area contributed by atoms with Crippen LogP contribution >= 0.6 is 11.6 Å². The van der Waals surface area contributed by atoms with Gasteiger partial charge in [0.1, 0.15) is 0 Å². The predicted octanol–water partition coefficient (Wildman–Crippen LogP) is 2.57. The van der Waals surface area contributed by atoms with Crippen LogP contribution in [0.25, 0.3) is 0 Å². The molecule has 2 atom stereocenters. The molecular weight excluding hydrogens is 250 g/mol. The first-order valence-electron chi connectivity index (χ1n) is 6.31. The van der Waals surface area contributed by atoms with E-state index in [1.165, 1.54) is 0 Å². The van der Waals surface area contributed by atoms with Crippen LogP contribution < -0.4 is 5.32 Å². The number of hydrogen-bond donors (Lipinski definition) is 1. The molecule has 1 saturated heterocycles. The Kier molecular flexibility index (Phi) is 4.61. The number of nitrogens with one attached hydrogen (secondary N) is 1. The van der Waals surface area contributed by atoms with Crippen LogP contribution in [0.3, 0.4) is 0 Å². The molecule has 1 aromatic carbocycles. The van der Waals surface area contributed by atoms with Gasteiger partial charge in [0.15, 0.2) is 0 Å². The third-order valence-electron chi connectivity index (χ3n) is 3.22. The Balaban J connectivity index is 1.86. The summed E-state index contributed by atoms with van der Waals surface area (Å²) in [6.07, 6.45) is 2.57. The smallest absolute Gasteiger partial charge is 0.224 e. The van der Waals surface area contributed by atoms with Gasteiger partial charge in [-0.2, -0.15) is 0 Å². The minimum atomic E-state index is -0.00824. The quantitative estimate of drug-likeness (QED) is 0.911. The number of amides is 1. The Morgan fingerprint density at radius 3 is 3.00 bits per heavy atom. The van der Waals surface area contributed by atoms with Crippen molar-refractivity contribution in [2.24, 2.45) is 0 Å². The number of hydrogen-bond acceptors (Lipinski definition) is 2. The van der Waals surface area contributed by atoms with Crippen LogP contribution in [0.1, 0.15) is 25.3 Å². The molecular formula is C14H18ClNO2. The van der Waals surface area contributed by atoms with Gasteiger partial charge in [0.2, 0.25) is 5.91 Å². The molecule has 0 spiro atoms. The molecule has 1 N–H and O–H groups in total. The Morgan fingerprint density at radius 2 is 2.33 bits per heavy atom. The molecule has 0 saturated carbocycles. The van der Waals surface area contributed by atoms with Crippen LogP contribution in [0.4, 0.5) is 0 Å². The fourth-order valence-corrected chi connectivity index (χ4v) is 2.41. The molecule has 0 aromatic heterocycles. The zero-order valence-corrected chi connectivity index (χ0v) is 11.2. The zero-order chi connectivity index (χ0) is 13.0. The maximum atomic E-state index is 11.9. The summed E-state index contributed by atoms with van der Waals surface area (Å²) in [5, 5.41) is 3.61. The molecule has 2 rings (SSSR count). The van der Waals surface area contributed by atoms with Crippen molar-refractivity contribution in [3.8, 4) is 0 Å². The van der Waals surface area contributed by atoms with Gasteiger partial charge in [-0.25, -0.2) is 0 Å². The fourth-order valence-electron chi connectivity index (χ4n) is 2.21. The van der Waals surface area contributed by atoms with Crippen molar-refractivity contribution >= 4 is 17.5 Å². The molecule has 1 aromatic rings. The first-order chi connectivity index (χ1) is 8.66. The largest absolute Gasteiger partial charge is 0.376 e. The van der Waals surface area contributed by atoms with E-state index in [1.807, 2.05) is 25.1 Å². The van der Waals surface area contributed by atoms with Crippen molar-refractivity contribution in [3.63, 3.8) is 0 Å². The highest BCUT2D eigenvalue weighted by Gasteiger charge is 2.23. The minimum absolute atomic E-state index is 0.00824. The van der Waals surface area contributed by atoms with E-state index in [1.54, 1.807) is 6.07 Å². The van der Waals surface area contributed by atoms with Crippen LogP contribution in [-0.2, 0) is 16.0 Å². The van der Waals surface area contributed by atoms with E-state index in [0.29, 0.717) is 11.4 Å². The highest BCUT2D eigenvalue weighted by molar-refractivity contribution is 6.31. The second-order valence-electron chi connectivity index (χ2n) is 4.68. The second-order valence-corrected chi connectivity index (χ2v) is 5.08. The summed E-state index contributed by atoms with van der Waals surface area (Å²) in [4.78, 5) is 11.9. The summed E-state index contributed by atoms with van der Waals surface area (Å²) >= 11 is 6.03. The van der Waals surface area contributed by atoms with Crippen LogP contribution in [0.15, 0.2) is 24.3 Å². The Morgan fingerprint density at radius 1 is 1.56 bits per heavy atom. The number of carbonyl (C=O) groups is 1. The summed E-state index contributed by atoms with van der Waals surface area (Å²) in [6.45, 7) is 2.79. The summed E-state index contributed by atoms with van der Waals surface area (Å²) in [6, 6.07) is 7.48. The molecule has 0 radical (unpaired) electrons. The normalized spacial score (nSPS) is 20.7. The highest BCUT2D eigenvalue weighted by atomic mass is 35.5. The maximum Gasteiger partial charge on any atom is 0.224 e. The van der Waals surface area contributed by atoms with E-state index in [-0.39, 0.29) is 18.1 Å². The number of benzene rings is 1. The average molecular weight is 268 g/mol. The Labute approximate surface area is 112 Å². The number of rotatable bonds is 4. The molecule has 1 aliphatic heterocycles. The van der Waals surface area contributed by atoms with Gasteiger partial charge in [0.25, 0.3) is 0 Å². The van der Waals surface area contributed by atoms with Gasteiger partial charge in [-0.05, 0) is 31.4 Å². The fraction of sp³-hybridized carbons (Fsp3) is 0.500. The lowest BCUT2D eigenvalue weighted by Gasteiger charge is -2.20. The van der Waals surface area contributed by atoms with Crippen molar-refractivity contribution < 1.29 is 9.53 Å². The molecule has 1 aliphatic rings. The van der Waals surface area contributed by atoms with Crippen molar-refractivity contribution in [3.05, 3.63) is 34.9 Å². The van der Waals surface area contributed by atoms with Crippen molar-refractivity contribution in [1.82, 2.24) is 5.32 Å². The molecule has 1 fully saturated rings. The Hall–Kier alpha value is -1.06. The molecule has 18 heavy (non-hydrogen) atoms.